The largest absolute Gasteiger partial charge is 1.00 e. The molecule has 0 amide bonds. The van der Waals surface area contributed by atoms with E-state index in [1.807, 2.05) is 0 Å². The van der Waals surface area contributed by atoms with Crippen LogP contribution in [-0.4, -0.2) is 33.0 Å². The van der Waals surface area contributed by atoms with Crippen LogP contribution >= 0.6 is 0 Å². The van der Waals surface area contributed by atoms with Gasteiger partial charge in [-0.25, -0.2) is 13.6 Å². The second-order valence-electron chi connectivity index (χ2n) is 4.58. The molecular weight excluding hydrogens is 312 g/mol. The Balaban J connectivity index is 0.00000400. The van der Waals surface area contributed by atoms with E-state index in [9.17, 15) is 8.42 Å². The number of nitrogens with two attached hydrogens (primary N) is 1. The molecule has 0 unspecified atom stereocenters. The number of hydrogen-bond acceptors (Lipinski definition) is 4. The molecular formula is C13H21ClN4O2S. The molecule has 0 bridgehead atoms. The van der Waals surface area contributed by atoms with Crippen LogP contribution < -0.4 is 17.5 Å². The van der Waals surface area contributed by atoms with Crippen LogP contribution in [-0.2, 0) is 16.4 Å². The second-order valence-corrected chi connectivity index (χ2v) is 6.11. The number of benzene rings is 1. The Labute approximate surface area is 132 Å². The van der Waals surface area contributed by atoms with E-state index >= 15 is 0 Å². The van der Waals surface area contributed by atoms with Crippen LogP contribution in [0.4, 0.5) is 5.69 Å². The van der Waals surface area contributed by atoms with E-state index in [1.54, 1.807) is 6.07 Å². The zero-order valence-electron chi connectivity index (χ0n) is 12.3. The quantitative estimate of drug-likeness (QED) is 0.655. The Morgan fingerprint density at radius 2 is 1.90 bits per heavy atom. The number of hydrogen-bond donors (Lipinski definition) is 1. The maximum absolute atomic E-state index is 11.4. The number of primary sulfonamides is 1. The lowest BCUT2D eigenvalue weighted by atomic mass is 10.1. The van der Waals surface area contributed by atoms with Crippen LogP contribution in [0.1, 0.15) is 25.8 Å². The molecule has 0 aliphatic heterocycles. The van der Waals surface area contributed by atoms with E-state index in [0.29, 0.717) is 0 Å². The summed E-state index contributed by atoms with van der Waals surface area (Å²) in [5, 5.41) is 13.9. The predicted octanol–water partition coefficient (Wildman–Crippen LogP) is -0.903. The predicted molar refractivity (Wildman–Crippen MR) is 78.7 cm³/mol. The van der Waals surface area contributed by atoms with Crippen LogP contribution in [0.5, 0.6) is 0 Å². The highest BCUT2D eigenvalue weighted by atomic mass is 35.5. The number of sulfonamides is 1. The number of aryl methyl sites for hydroxylation is 1. The summed E-state index contributed by atoms with van der Waals surface area (Å²) in [4.78, 5) is 5.11. The van der Waals surface area contributed by atoms with Crippen molar-refractivity contribution in [1.82, 2.24) is 4.90 Å². The number of rotatable bonds is 7. The number of nitrogens with zero attached hydrogens (tertiary/aromatic N) is 3. The Morgan fingerprint density at radius 3 is 2.38 bits per heavy atom. The normalized spacial score (nSPS) is 11.0. The number of halogens is 1. The van der Waals surface area contributed by atoms with Gasteiger partial charge in [-0.05, 0) is 44.1 Å². The average molecular weight is 333 g/mol. The van der Waals surface area contributed by atoms with Crippen LogP contribution in [0.3, 0.4) is 0 Å². The Hall–Kier alpha value is -1.20. The number of diazo groups is 1. The Kier molecular flexibility index (Phi) is 8.44. The fourth-order valence-corrected chi connectivity index (χ4v) is 2.79. The molecule has 0 fully saturated rings. The van der Waals surface area contributed by atoms with Crippen molar-refractivity contribution in [2.75, 3.05) is 19.6 Å². The SMILES string of the molecule is CCN(CC)CCCc1ccc([N+]#N)c(S(N)(=O)=O)c1.[Cl-]. The van der Waals surface area contributed by atoms with Crippen molar-refractivity contribution in [3.8, 4) is 0 Å². The fourth-order valence-electron chi connectivity index (χ4n) is 2.07. The Morgan fingerprint density at radius 1 is 1.29 bits per heavy atom. The minimum absolute atomic E-state index is 0. The lowest BCUT2D eigenvalue weighted by Crippen LogP contribution is -3.00. The van der Waals surface area contributed by atoms with Crippen molar-refractivity contribution < 1.29 is 20.8 Å². The molecule has 0 atom stereocenters. The average Bonchev–Trinajstić information content (AvgIpc) is 2.42. The lowest BCUT2D eigenvalue weighted by Gasteiger charge is -2.17. The van der Waals surface area contributed by atoms with E-state index in [2.05, 4.69) is 23.7 Å². The molecule has 1 aromatic carbocycles. The summed E-state index contributed by atoms with van der Waals surface area (Å²) < 4.78 is 22.9. The smallest absolute Gasteiger partial charge is 0.404 e. The van der Waals surface area contributed by atoms with Crippen molar-refractivity contribution in [1.29, 1.82) is 5.39 Å². The third kappa shape index (κ3) is 5.98. The topological polar surface area (TPSA) is 91.5 Å². The van der Waals surface area contributed by atoms with Crippen molar-refractivity contribution in [3.05, 3.63) is 28.7 Å². The molecule has 0 saturated carbocycles. The first-order valence-electron chi connectivity index (χ1n) is 6.65. The van der Waals surface area contributed by atoms with Crippen LogP contribution in [0.25, 0.3) is 4.98 Å². The minimum atomic E-state index is -3.88. The molecule has 0 radical (unpaired) electrons. The first kappa shape index (κ1) is 19.8. The summed E-state index contributed by atoms with van der Waals surface area (Å²) in [5.74, 6) is 0. The molecule has 0 aliphatic carbocycles. The monoisotopic (exact) mass is 332 g/mol. The minimum Gasteiger partial charge on any atom is -1.00 e. The first-order valence-corrected chi connectivity index (χ1v) is 8.20. The third-order valence-corrected chi connectivity index (χ3v) is 4.21. The molecule has 118 valence electrons. The molecule has 2 N–H and O–H groups in total. The molecule has 0 heterocycles. The highest BCUT2D eigenvalue weighted by Crippen LogP contribution is 2.25. The molecule has 6 nitrogen and oxygen atoms in total. The van der Waals surface area contributed by atoms with Gasteiger partial charge in [0, 0.05) is 6.07 Å². The third-order valence-electron chi connectivity index (χ3n) is 3.27. The molecule has 0 saturated heterocycles. The molecule has 8 heteroatoms. The summed E-state index contributed by atoms with van der Waals surface area (Å²) in [6, 6.07) is 4.70. The van der Waals surface area contributed by atoms with Crippen LogP contribution in [0.2, 0.25) is 0 Å². The van der Waals surface area contributed by atoms with Gasteiger partial charge in [0.25, 0.3) is 0 Å². The fraction of sp³-hybridized carbons (Fsp3) is 0.538. The van der Waals surface area contributed by atoms with E-state index in [0.717, 1.165) is 38.0 Å². The first-order chi connectivity index (χ1) is 9.42. The van der Waals surface area contributed by atoms with E-state index in [-0.39, 0.29) is 23.0 Å². The molecule has 0 spiro atoms. The maximum Gasteiger partial charge on any atom is 0.404 e. The van der Waals surface area contributed by atoms with Gasteiger partial charge in [-0.1, -0.05) is 19.9 Å². The molecule has 0 aliphatic rings. The van der Waals surface area contributed by atoms with Gasteiger partial charge in [-0.15, -0.1) is 0 Å². The van der Waals surface area contributed by atoms with Crippen molar-refractivity contribution in [2.45, 2.75) is 31.6 Å². The van der Waals surface area contributed by atoms with E-state index in [4.69, 9.17) is 10.5 Å². The highest BCUT2D eigenvalue weighted by Gasteiger charge is 2.23. The zero-order valence-corrected chi connectivity index (χ0v) is 13.9. The van der Waals surface area contributed by atoms with Gasteiger partial charge < -0.3 is 17.3 Å². The van der Waals surface area contributed by atoms with Gasteiger partial charge in [-0.3, -0.25) is 0 Å². The lowest BCUT2D eigenvalue weighted by molar-refractivity contribution is -0.00000718. The van der Waals surface area contributed by atoms with Gasteiger partial charge in [0.05, 0.1) is 0 Å². The summed E-state index contributed by atoms with van der Waals surface area (Å²) in [7, 11) is -3.88. The van der Waals surface area contributed by atoms with Gasteiger partial charge in [0.2, 0.25) is 15.4 Å². The second kappa shape index (κ2) is 8.95. The van der Waals surface area contributed by atoms with Crippen molar-refractivity contribution in [2.24, 2.45) is 5.14 Å². The molecule has 1 rings (SSSR count). The maximum atomic E-state index is 11.4. The standard InChI is InChI=1S/C13H21N4O2S.ClH/c1-3-17(4-2)9-5-6-11-7-8-12(16-14)13(10-11)20(15,18)19;/h7-8,10H,3-6,9H2,1-2H3,(H2,15,18,19);1H/q+1;/p-1. The van der Waals surface area contributed by atoms with Gasteiger partial charge in [-0.2, -0.15) is 0 Å². The summed E-state index contributed by atoms with van der Waals surface area (Å²) in [6.07, 6.45) is 1.69. The summed E-state index contributed by atoms with van der Waals surface area (Å²) in [5.41, 5.74) is 0.841. The van der Waals surface area contributed by atoms with Crippen LogP contribution in [0, 0.1) is 5.39 Å². The van der Waals surface area contributed by atoms with Crippen LogP contribution in [0.15, 0.2) is 23.1 Å². The molecule has 0 aromatic heterocycles. The zero-order chi connectivity index (χ0) is 15.2. The van der Waals surface area contributed by atoms with Crippen molar-refractivity contribution in [3.63, 3.8) is 0 Å². The van der Waals surface area contributed by atoms with Crippen molar-refractivity contribution >= 4 is 15.7 Å². The highest BCUT2D eigenvalue weighted by molar-refractivity contribution is 7.89. The summed E-state index contributed by atoms with van der Waals surface area (Å²) >= 11 is 0. The van der Waals surface area contributed by atoms with E-state index < -0.39 is 10.0 Å². The van der Waals surface area contributed by atoms with Gasteiger partial charge in [0.15, 0.2) is 9.87 Å². The molecule has 1 aromatic rings. The summed E-state index contributed by atoms with van der Waals surface area (Å²) in [6.45, 7) is 7.19. The molecule has 21 heavy (non-hydrogen) atoms. The Bertz CT molecular complexity index is 595. The van der Waals surface area contributed by atoms with Gasteiger partial charge >= 0.3 is 5.69 Å². The van der Waals surface area contributed by atoms with Gasteiger partial charge in [0.1, 0.15) is 0 Å². The van der Waals surface area contributed by atoms with E-state index in [1.165, 1.54) is 12.1 Å².